The van der Waals surface area contributed by atoms with Crippen LogP contribution in [0.15, 0.2) is 9.85 Å². The molecule has 1 atom stereocenters. The third-order valence-electron chi connectivity index (χ3n) is 1.79. The van der Waals surface area contributed by atoms with Gasteiger partial charge in [0.05, 0.1) is 8.66 Å². The molecule has 1 heterocycles. The zero-order chi connectivity index (χ0) is 8.01. The van der Waals surface area contributed by atoms with Gasteiger partial charge in [0, 0.05) is 12.5 Å². The largest absolute Gasteiger partial charge is 0.324 e. The maximum Gasteiger partial charge on any atom is 0.175 e. The third-order valence-corrected chi connectivity index (χ3v) is 3.48. The number of fused-ring (bicyclic) bond motifs is 1. The maximum absolute atomic E-state index is 11.2. The van der Waals surface area contributed by atoms with Gasteiger partial charge in [0.25, 0.3) is 0 Å². The molecular formula is C7H6BrNOS. The first kappa shape index (κ1) is 7.46. The SMILES string of the molecule is NC1CC(=O)c2sc(Br)cc21. The summed E-state index contributed by atoms with van der Waals surface area (Å²) in [6.07, 6.45) is 0.481. The Labute approximate surface area is 76.5 Å². The van der Waals surface area contributed by atoms with Gasteiger partial charge in [-0.1, -0.05) is 0 Å². The Bertz CT molecular complexity index is 320. The average molecular weight is 232 g/mol. The van der Waals surface area contributed by atoms with Gasteiger partial charge in [0.2, 0.25) is 0 Å². The summed E-state index contributed by atoms with van der Waals surface area (Å²) < 4.78 is 0.992. The number of hydrogen-bond acceptors (Lipinski definition) is 3. The lowest BCUT2D eigenvalue weighted by Crippen LogP contribution is -2.05. The molecule has 1 aromatic rings. The summed E-state index contributed by atoms with van der Waals surface area (Å²) in [5.74, 6) is 0.184. The topological polar surface area (TPSA) is 43.1 Å². The molecule has 2 nitrogen and oxygen atoms in total. The molecule has 0 aliphatic heterocycles. The predicted octanol–water partition coefficient (Wildman–Crippen LogP) is 2.10. The standard InChI is InChI=1S/C7H6BrNOS/c8-6-1-3-4(9)2-5(10)7(3)11-6/h1,4H,2,9H2. The van der Waals surface area contributed by atoms with E-state index in [1.165, 1.54) is 11.3 Å². The van der Waals surface area contributed by atoms with E-state index < -0.39 is 0 Å². The van der Waals surface area contributed by atoms with Crippen LogP contribution in [0.3, 0.4) is 0 Å². The number of carbonyl (C=O) groups is 1. The van der Waals surface area contributed by atoms with Crippen LogP contribution >= 0.6 is 27.3 Å². The van der Waals surface area contributed by atoms with E-state index >= 15 is 0 Å². The maximum atomic E-state index is 11.2. The number of thiophene rings is 1. The van der Waals surface area contributed by atoms with Crippen molar-refractivity contribution in [1.82, 2.24) is 0 Å². The fraction of sp³-hybridized carbons (Fsp3) is 0.286. The second-order valence-electron chi connectivity index (χ2n) is 2.57. The highest BCUT2D eigenvalue weighted by Gasteiger charge is 2.28. The Morgan fingerprint density at radius 3 is 3.09 bits per heavy atom. The zero-order valence-electron chi connectivity index (χ0n) is 5.63. The fourth-order valence-electron chi connectivity index (χ4n) is 1.27. The van der Waals surface area contributed by atoms with Crippen molar-refractivity contribution in [2.45, 2.75) is 12.5 Å². The smallest absolute Gasteiger partial charge is 0.175 e. The molecule has 4 heteroatoms. The molecular weight excluding hydrogens is 226 g/mol. The molecule has 0 spiro atoms. The van der Waals surface area contributed by atoms with Crippen LogP contribution in [-0.2, 0) is 0 Å². The highest BCUT2D eigenvalue weighted by Crippen LogP contribution is 2.37. The number of carbonyl (C=O) groups excluding carboxylic acids is 1. The van der Waals surface area contributed by atoms with Crippen LogP contribution in [0, 0.1) is 0 Å². The minimum Gasteiger partial charge on any atom is -0.324 e. The second-order valence-corrected chi connectivity index (χ2v) is 5.00. The molecule has 11 heavy (non-hydrogen) atoms. The van der Waals surface area contributed by atoms with Gasteiger partial charge in [-0.2, -0.15) is 0 Å². The van der Waals surface area contributed by atoms with Crippen LogP contribution in [0.2, 0.25) is 0 Å². The molecule has 2 N–H and O–H groups in total. The van der Waals surface area contributed by atoms with Crippen molar-refractivity contribution in [3.8, 4) is 0 Å². The van der Waals surface area contributed by atoms with Crippen LogP contribution in [-0.4, -0.2) is 5.78 Å². The van der Waals surface area contributed by atoms with Gasteiger partial charge in [-0.15, -0.1) is 11.3 Å². The van der Waals surface area contributed by atoms with Gasteiger partial charge >= 0.3 is 0 Å². The first-order valence-electron chi connectivity index (χ1n) is 3.26. The predicted molar refractivity (Wildman–Crippen MR) is 47.9 cm³/mol. The quantitative estimate of drug-likeness (QED) is 0.744. The van der Waals surface area contributed by atoms with Gasteiger partial charge < -0.3 is 5.73 Å². The molecule has 58 valence electrons. The average Bonchev–Trinajstić information content (AvgIpc) is 2.38. The fourth-order valence-corrected chi connectivity index (χ4v) is 2.91. The monoisotopic (exact) mass is 231 g/mol. The van der Waals surface area contributed by atoms with E-state index in [4.69, 9.17) is 5.73 Å². The van der Waals surface area contributed by atoms with Crippen molar-refractivity contribution in [1.29, 1.82) is 0 Å². The van der Waals surface area contributed by atoms with Crippen molar-refractivity contribution in [3.05, 3.63) is 20.3 Å². The lowest BCUT2D eigenvalue weighted by Gasteiger charge is -1.96. The highest BCUT2D eigenvalue weighted by atomic mass is 79.9. The Balaban J connectivity index is 2.58. The van der Waals surface area contributed by atoms with Crippen molar-refractivity contribution < 1.29 is 4.79 Å². The van der Waals surface area contributed by atoms with Crippen molar-refractivity contribution in [2.75, 3.05) is 0 Å². The Hall–Kier alpha value is -0.190. The van der Waals surface area contributed by atoms with Crippen LogP contribution in [0.25, 0.3) is 0 Å². The molecule has 1 aliphatic carbocycles. The van der Waals surface area contributed by atoms with E-state index in [9.17, 15) is 4.79 Å². The van der Waals surface area contributed by atoms with Crippen molar-refractivity contribution in [2.24, 2.45) is 5.73 Å². The molecule has 0 saturated heterocycles. The molecule has 1 aliphatic rings. The molecule has 1 unspecified atom stereocenters. The van der Waals surface area contributed by atoms with E-state index in [0.29, 0.717) is 6.42 Å². The van der Waals surface area contributed by atoms with Gasteiger partial charge in [-0.25, -0.2) is 0 Å². The number of nitrogens with two attached hydrogens (primary N) is 1. The van der Waals surface area contributed by atoms with Crippen LogP contribution in [0.4, 0.5) is 0 Å². The van der Waals surface area contributed by atoms with Gasteiger partial charge in [-0.3, -0.25) is 4.79 Å². The van der Waals surface area contributed by atoms with E-state index in [1.54, 1.807) is 0 Å². The first-order valence-corrected chi connectivity index (χ1v) is 4.87. The van der Waals surface area contributed by atoms with Crippen molar-refractivity contribution >= 4 is 33.0 Å². The van der Waals surface area contributed by atoms with Crippen LogP contribution in [0.1, 0.15) is 27.7 Å². The molecule has 0 radical (unpaired) electrons. The Kier molecular flexibility index (Phi) is 1.63. The molecule has 0 fully saturated rings. The number of Topliss-reactive ketones (excluding diaryl/α,β-unsaturated/α-hetero) is 1. The Morgan fingerprint density at radius 1 is 1.73 bits per heavy atom. The van der Waals surface area contributed by atoms with Crippen LogP contribution in [0.5, 0.6) is 0 Å². The third kappa shape index (κ3) is 1.06. The molecule has 0 bridgehead atoms. The summed E-state index contributed by atoms with van der Waals surface area (Å²) in [5, 5.41) is 0. The van der Waals surface area contributed by atoms with Gasteiger partial charge in [-0.05, 0) is 27.6 Å². The molecule has 0 aromatic carbocycles. The summed E-state index contributed by atoms with van der Waals surface area (Å²) in [5.41, 5.74) is 6.72. The summed E-state index contributed by atoms with van der Waals surface area (Å²) in [4.78, 5) is 12.0. The molecule has 0 amide bonds. The van der Waals surface area contributed by atoms with E-state index in [1.807, 2.05) is 6.07 Å². The van der Waals surface area contributed by atoms with E-state index in [2.05, 4.69) is 15.9 Å². The molecule has 2 rings (SSSR count). The van der Waals surface area contributed by atoms with Crippen LogP contribution < -0.4 is 5.73 Å². The lowest BCUT2D eigenvalue weighted by atomic mass is 10.2. The van der Waals surface area contributed by atoms with Gasteiger partial charge in [0.15, 0.2) is 5.78 Å². The lowest BCUT2D eigenvalue weighted by molar-refractivity contribution is 0.0992. The minimum atomic E-state index is -0.0694. The number of ketones is 1. The van der Waals surface area contributed by atoms with E-state index in [0.717, 1.165) is 14.2 Å². The Morgan fingerprint density at radius 2 is 2.45 bits per heavy atom. The summed E-state index contributed by atoms with van der Waals surface area (Å²) in [6.45, 7) is 0. The first-order chi connectivity index (χ1) is 5.18. The molecule has 0 saturated carbocycles. The number of hydrogen-bond donors (Lipinski definition) is 1. The van der Waals surface area contributed by atoms with E-state index in [-0.39, 0.29) is 11.8 Å². The highest BCUT2D eigenvalue weighted by molar-refractivity contribution is 9.11. The normalized spacial score (nSPS) is 22.4. The second kappa shape index (κ2) is 2.40. The summed E-state index contributed by atoms with van der Waals surface area (Å²) >= 11 is 4.80. The number of rotatable bonds is 0. The summed E-state index contributed by atoms with van der Waals surface area (Å²) in [7, 11) is 0. The minimum absolute atomic E-state index is 0.0694. The zero-order valence-corrected chi connectivity index (χ0v) is 8.04. The van der Waals surface area contributed by atoms with Gasteiger partial charge in [0.1, 0.15) is 0 Å². The molecule has 1 aromatic heterocycles. The number of halogens is 1. The summed E-state index contributed by atoms with van der Waals surface area (Å²) in [6, 6.07) is 1.87. The van der Waals surface area contributed by atoms with Crippen molar-refractivity contribution in [3.63, 3.8) is 0 Å².